The van der Waals surface area contributed by atoms with Crippen molar-refractivity contribution in [3.05, 3.63) is 42.5 Å². The van der Waals surface area contributed by atoms with Crippen molar-refractivity contribution in [2.45, 2.75) is 50.1 Å². The van der Waals surface area contributed by atoms with Crippen LogP contribution in [-0.2, 0) is 19.6 Å². The standard InChI is InChI=1S/C19H26N2O5S/c1-4-12-20-27(24,25)17-10-8-16(9-11-17)19(23)26-13-18(22)21-14(2)6-5-7-15(21)3/h4,8-11,14-15,20H,1,5-7,12-13H2,2-3H3/t14-,15+. The van der Waals surface area contributed by atoms with Gasteiger partial charge in [-0.1, -0.05) is 6.08 Å². The van der Waals surface area contributed by atoms with Gasteiger partial charge < -0.3 is 9.64 Å². The lowest BCUT2D eigenvalue weighted by Gasteiger charge is -2.38. The number of esters is 1. The van der Waals surface area contributed by atoms with E-state index in [2.05, 4.69) is 11.3 Å². The molecule has 0 saturated carbocycles. The van der Waals surface area contributed by atoms with Crippen LogP contribution in [0.5, 0.6) is 0 Å². The number of ether oxygens (including phenoxy) is 1. The Morgan fingerprint density at radius 3 is 2.37 bits per heavy atom. The van der Waals surface area contributed by atoms with Crippen LogP contribution in [0.4, 0.5) is 0 Å². The molecule has 7 nitrogen and oxygen atoms in total. The number of amides is 1. The molecule has 1 aliphatic rings. The first-order valence-corrected chi connectivity index (χ1v) is 10.4. The topological polar surface area (TPSA) is 92.8 Å². The van der Waals surface area contributed by atoms with E-state index in [1.54, 1.807) is 4.90 Å². The van der Waals surface area contributed by atoms with Crippen molar-refractivity contribution in [3.8, 4) is 0 Å². The minimum absolute atomic E-state index is 0.0351. The lowest BCUT2D eigenvalue weighted by atomic mass is 9.97. The molecule has 2 atom stereocenters. The molecule has 0 aliphatic carbocycles. The molecule has 1 fully saturated rings. The number of benzene rings is 1. The zero-order chi connectivity index (χ0) is 20.0. The fourth-order valence-corrected chi connectivity index (χ4v) is 4.22. The highest BCUT2D eigenvalue weighted by molar-refractivity contribution is 7.89. The number of hydrogen-bond acceptors (Lipinski definition) is 5. The largest absolute Gasteiger partial charge is 0.452 e. The summed E-state index contributed by atoms with van der Waals surface area (Å²) in [5, 5.41) is 0. The molecule has 1 amide bonds. The third-order valence-electron chi connectivity index (χ3n) is 4.63. The predicted octanol–water partition coefficient (Wildman–Crippen LogP) is 2.10. The van der Waals surface area contributed by atoms with Gasteiger partial charge in [0.25, 0.3) is 5.91 Å². The molecule has 1 aromatic carbocycles. The van der Waals surface area contributed by atoms with Crippen LogP contribution in [0.3, 0.4) is 0 Å². The molecule has 148 valence electrons. The van der Waals surface area contributed by atoms with Crippen molar-refractivity contribution in [2.75, 3.05) is 13.2 Å². The molecule has 0 unspecified atom stereocenters. The molecule has 2 rings (SSSR count). The van der Waals surface area contributed by atoms with E-state index < -0.39 is 16.0 Å². The van der Waals surface area contributed by atoms with E-state index in [4.69, 9.17) is 4.74 Å². The predicted molar refractivity (Wildman–Crippen MR) is 102 cm³/mol. The third kappa shape index (κ3) is 5.40. The number of nitrogens with one attached hydrogen (secondary N) is 1. The molecule has 0 spiro atoms. The summed E-state index contributed by atoms with van der Waals surface area (Å²) in [5.74, 6) is -0.875. The summed E-state index contributed by atoms with van der Waals surface area (Å²) in [4.78, 5) is 26.4. The summed E-state index contributed by atoms with van der Waals surface area (Å²) >= 11 is 0. The van der Waals surface area contributed by atoms with Gasteiger partial charge in [0.05, 0.1) is 10.5 Å². The Bertz CT molecular complexity index is 779. The first-order valence-electron chi connectivity index (χ1n) is 8.95. The van der Waals surface area contributed by atoms with Gasteiger partial charge >= 0.3 is 5.97 Å². The Morgan fingerprint density at radius 2 is 1.81 bits per heavy atom. The Labute approximate surface area is 160 Å². The number of rotatable bonds is 7. The first kappa shape index (κ1) is 21.1. The summed E-state index contributed by atoms with van der Waals surface area (Å²) in [6, 6.07) is 5.63. The van der Waals surface area contributed by atoms with E-state index in [-0.39, 0.29) is 41.6 Å². The Hall–Kier alpha value is -2.19. The minimum Gasteiger partial charge on any atom is -0.452 e. The zero-order valence-electron chi connectivity index (χ0n) is 15.7. The number of sulfonamides is 1. The van der Waals surface area contributed by atoms with Gasteiger partial charge in [-0.3, -0.25) is 4.79 Å². The van der Waals surface area contributed by atoms with E-state index in [0.29, 0.717) is 0 Å². The summed E-state index contributed by atoms with van der Waals surface area (Å²) in [6.07, 6.45) is 4.41. The van der Waals surface area contributed by atoms with Gasteiger partial charge in [-0.15, -0.1) is 6.58 Å². The maximum atomic E-state index is 12.4. The average Bonchev–Trinajstić information content (AvgIpc) is 2.64. The molecular weight excluding hydrogens is 368 g/mol. The minimum atomic E-state index is -3.65. The molecule has 1 heterocycles. The van der Waals surface area contributed by atoms with Crippen molar-refractivity contribution in [1.82, 2.24) is 9.62 Å². The quantitative estimate of drug-likeness (QED) is 0.565. The van der Waals surface area contributed by atoms with Crippen LogP contribution in [0.1, 0.15) is 43.5 Å². The van der Waals surface area contributed by atoms with E-state index in [1.807, 2.05) is 13.8 Å². The number of nitrogens with zero attached hydrogens (tertiary/aromatic N) is 1. The van der Waals surface area contributed by atoms with Crippen LogP contribution >= 0.6 is 0 Å². The van der Waals surface area contributed by atoms with Crippen molar-refractivity contribution < 1.29 is 22.7 Å². The monoisotopic (exact) mass is 394 g/mol. The molecule has 1 saturated heterocycles. The summed E-state index contributed by atoms with van der Waals surface area (Å²) in [7, 11) is -3.65. The van der Waals surface area contributed by atoms with Crippen molar-refractivity contribution in [1.29, 1.82) is 0 Å². The molecule has 0 radical (unpaired) electrons. The van der Waals surface area contributed by atoms with Gasteiger partial charge in [0, 0.05) is 18.6 Å². The smallest absolute Gasteiger partial charge is 0.338 e. The number of likely N-dealkylation sites (tertiary alicyclic amines) is 1. The second-order valence-electron chi connectivity index (χ2n) is 6.67. The molecule has 8 heteroatoms. The van der Waals surface area contributed by atoms with Gasteiger partial charge in [-0.05, 0) is 57.4 Å². The van der Waals surface area contributed by atoms with E-state index >= 15 is 0 Å². The lowest BCUT2D eigenvalue weighted by molar-refractivity contribution is -0.140. The molecule has 27 heavy (non-hydrogen) atoms. The van der Waals surface area contributed by atoms with Gasteiger partial charge in [-0.2, -0.15) is 0 Å². The third-order valence-corrected chi connectivity index (χ3v) is 6.07. The Balaban J connectivity index is 1.96. The van der Waals surface area contributed by atoms with Crippen LogP contribution in [-0.4, -0.2) is 50.4 Å². The molecule has 1 N–H and O–H groups in total. The maximum Gasteiger partial charge on any atom is 0.338 e. The van der Waals surface area contributed by atoms with Crippen LogP contribution < -0.4 is 4.72 Å². The number of carbonyl (C=O) groups excluding carboxylic acids is 2. The molecular formula is C19H26N2O5S. The average molecular weight is 394 g/mol. The highest BCUT2D eigenvalue weighted by Crippen LogP contribution is 2.22. The van der Waals surface area contributed by atoms with Crippen LogP contribution in [0, 0.1) is 0 Å². The van der Waals surface area contributed by atoms with Gasteiger partial charge in [0.15, 0.2) is 6.61 Å². The lowest BCUT2D eigenvalue weighted by Crippen LogP contribution is -2.49. The molecule has 0 bridgehead atoms. The van der Waals surface area contributed by atoms with E-state index in [0.717, 1.165) is 19.3 Å². The van der Waals surface area contributed by atoms with E-state index in [1.165, 1.54) is 30.3 Å². The van der Waals surface area contributed by atoms with E-state index in [9.17, 15) is 18.0 Å². The number of piperidine rings is 1. The fourth-order valence-electron chi connectivity index (χ4n) is 3.22. The second-order valence-corrected chi connectivity index (χ2v) is 8.44. The van der Waals surface area contributed by atoms with Crippen LogP contribution in [0.2, 0.25) is 0 Å². The number of hydrogen-bond donors (Lipinski definition) is 1. The normalized spacial score (nSPS) is 20.1. The van der Waals surface area contributed by atoms with Gasteiger partial charge in [-0.25, -0.2) is 17.9 Å². The van der Waals surface area contributed by atoms with Crippen molar-refractivity contribution in [2.24, 2.45) is 0 Å². The first-order chi connectivity index (χ1) is 12.8. The van der Waals surface area contributed by atoms with Crippen LogP contribution in [0.25, 0.3) is 0 Å². The van der Waals surface area contributed by atoms with Crippen molar-refractivity contribution >= 4 is 21.9 Å². The Morgan fingerprint density at radius 1 is 1.22 bits per heavy atom. The second kappa shape index (κ2) is 9.14. The Kier molecular flexibility index (Phi) is 7.15. The summed E-state index contributed by atoms with van der Waals surface area (Å²) < 4.78 is 31.5. The highest BCUT2D eigenvalue weighted by Gasteiger charge is 2.29. The molecule has 1 aromatic rings. The highest BCUT2D eigenvalue weighted by atomic mass is 32.2. The number of carbonyl (C=O) groups is 2. The fraction of sp³-hybridized carbons (Fsp3) is 0.474. The maximum absolute atomic E-state index is 12.4. The van der Waals surface area contributed by atoms with Gasteiger partial charge in [0.1, 0.15) is 0 Å². The van der Waals surface area contributed by atoms with Crippen LogP contribution in [0.15, 0.2) is 41.8 Å². The summed E-state index contributed by atoms with van der Waals surface area (Å²) in [6.45, 7) is 7.23. The molecule has 0 aromatic heterocycles. The zero-order valence-corrected chi connectivity index (χ0v) is 16.5. The SMILES string of the molecule is C=CCNS(=O)(=O)c1ccc(C(=O)OCC(=O)N2[C@H](C)CCC[C@@H]2C)cc1. The summed E-state index contributed by atoms with van der Waals surface area (Å²) in [5.41, 5.74) is 0.185. The van der Waals surface area contributed by atoms with Gasteiger partial charge in [0.2, 0.25) is 10.0 Å². The molecule has 1 aliphatic heterocycles. The van der Waals surface area contributed by atoms with Crippen molar-refractivity contribution in [3.63, 3.8) is 0 Å².